The van der Waals surface area contributed by atoms with E-state index >= 15 is 0 Å². The molecule has 0 aliphatic rings. The van der Waals surface area contributed by atoms with Gasteiger partial charge in [0.2, 0.25) is 0 Å². The van der Waals surface area contributed by atoms with E-state index in [1.165, 1.54) is 12.1 Å². The van der Waals surface area contributed by atoms with Crippen LogP contribution in [0.5, 0.6) is 0 Å². The van der Waals surface area contributed by atoms with E-state index in [0.717, 1.165) is 6.07 Å². The monoisotopic (exact) mass is 373 g/mol. The number of carbonyl (C=O) groups is 1. The molecule has 0 unspecified atom stereocenters. The summed E-state index contributed by atoms with van der Waals surface area (Å²) in [7, 11) is 0. The summed E-state index contributed by atoms with van der Waals surface area (Å²) in [5, 5.41) is 2.47. The molecule has 20 heavy (non-hydrogen) atoms. The highest BCUT2D eigenvalue weighted by atomic mass is 79.9. The normalized spacial score (nSPS) is 11.4. The molecule has 0 spiro atoms. The Hall–Kier alpha value is -0.790. The summed E-state index contributed by atoms with van der Waals surface area (Å²) in [6, 6.07) is 3.31. The Morgan fingerprint density at radius 2 is 2.05 bits per heavy atom. The molecule has 0 aliphatic heterocycles. The first kappa shape index (κ1) is 17.3. The van der Waals surface area contributed by atoms with Crippen molar-refractivity contribution in [1.82, 2.24) is 5.32 Å². The first-order chi connectivity index (χ1) is 9.36. The van der Waals surface area contributed by atoms with E-state index in [1.807, 2.05) is 0 Å². The van der Waals surface area contributed by atoms with Crippen molar-refractivity contribution < 1.29 is 22.7 Å². The van der Waals surface area contributed by atoms with Crippen molar-refractivity contribution in [2.24, 2.45) is 0 Å². The van der Waals surface area contributed by atoms with Gasteiger partial charge >= 0.3 is 6.18 Å². The number of rotatable bonds is 6. The highest BCUT2D eigenvalue weighted by Crippen LogP contribution is 2.35. The molecule has 1 rings (SSSR count). The third kappa shape index (κ3) is 5.30. The van der Waals surface area contributed by atoms with Crippen LogP contribution in [0.25, 0.3) is 0 Å². The minimum absolute atomic E-state index is 0.0575. The minimum atomic E-state index is -4.52. The van der Waals surface area contributed by atoms with Gasteiger partial charge in [-0.05, 0) is 18.2 Å². The zero-order valence-electron chi connectivity index (χ0n) is 10.3. The Morgan fingerprint density at radius 3 is 2.65 bits per heavy atom. The van der Waals surface area contributed by atoms with Gasteiger partial charge in [-0.15, -0.1) is 11.6 Å². The fourth-order valence-electron chi connectivity index (χ4n) is 1.38. The minimum Gasteiger partial charge on any atom is -0.378 e. The highest BCUT2D eigenvalue weighted by Gasteiger charge is 2.33. The van der Waals surface area contributed by atoms with Crippen LogP contribution in [0.15, 0.2) is 22.7 Å². The second kappa shape index (κ2) is 7.85. The van der Waals surface area contributed by atoms with Crippen molar-refractivity contribution in [3.63, 3.8) is 0 Å². The molecule has 0 saturated heterocycles. The average Bonchev–Trinajstić information content (AvgIpc) is 2.37. The van der Waals surface area contributed by atoms with Crippen molar-refractivity contribution in [1.29, 1.82) is 0 Å². The Balaban J connectivity index is 2.65. The molecule has 1 amide bonds. The molecule has 0 aromatic heterocycles. The lowest BCUT2D eigenvalue weighted by atomic mass is 10.1. The van der Waals surface area contributed by atoms with Gasteiger partial charge in [-0.25, -0.2) is 0 Å². The summed E-state index contributed by atoms with van der Waals surface area (Å²) in [5.74, 6) is -0.243. The van der Waals surface area contributed by atoms with Gasteiger partial charge in [-0.1, -0.05) is 15.9 Å². The molecule has 8 heteroatoms. The van der Waals surface area contributed by atoms with Gasteiger partial charge in [0, 0.05) is 22.5 Å². The summed E-state index contributed by atoms with van der Waals surface area (Å²) in [6.45, 7) is 0.808. The second-order valence-electron chi connectivity index (χ2n) is 3.75. The smallest absolute Gasteiger partial charge is 0.378 e. The number of nitrogens with one attached hydrogen (secondary N) is 1. The molecule has 0 saturated carbocycles. The molecule has 1 N–H and O–H groups in total. The summed E-state index contributed by atoms with van der Waals surface area (Å²) in [4.78, 5) is 11.7. The molecule has 112 valence electrons. The quantitative estimate of drug-likeness (QED) is 0.612. The first-order valence-corrected chi connectivity index (χ1v) is 6.97. The van der Waals surface area contributed by atoms with Gasteiger partial charge in [0.1, 0.15) is 0 Å². The van der Waals surface area contributed by atoms with E-state index in [1.54, 1.807) is 0 Å². The maximum Gasteiger partial charge on any atom is 0.417 e. The molecule has 3 nitrogen and oxygen atoms in total. The van der Waals surface area contributed by atoms with E-state index in [2.05, 4.69) is 21.2 Å². The predicted octanol–water partition coefficient (Wildman–Crippen LogP) is 3.45. The Bertz CT molecular complexity index is 469. The topological polar surface area (TPSA) is 38.3 Å². The maximum absolute atomic E-state index is 12.7. The Labute approximate surface area is 127 Å². The highest BCUT2D eigenvalue weighted by molar-refractivity contribution is 9.10. The lowest BCUT2D eigenvalue weighted by Gasteiger charge is -2.11. The average molecular weight is 375 g/mol. The SMILES string of the molecule is O=C(NCCOCCCl)c1ccc(Br)c(C(F)(F)F)c1. The van der Waals surface area contributed by atoms with Crippen LogP contribution in [0.4, 0.5) is 13.2 Å². The van der Waals surface area contributed by atoms with Gasteiger partial charge in [0.15, 0.2) is 0 Å². The summed E-state index contributed by atoms with van der Waals surface area (Å²) in [5.41, 5.74) is -0.943. The van der Waals surface area contributed by atoms with Crippen LogP contribution < -0.4 is 5.32 Å². The van der Waals surface area contributed by atoms with Crippen LogP contribution in [-0.4, -0.2) is 31.5 Å². The molecule has 0 fully saturated rings. The number of halogens is 5. The van der Waals surface area contributed by atoms with Crippen molar-refractivity contribution >= 4 is 33.4 Å². The molecular weight excluding hydrogens is 362 g/mol. The maximum atomic E-state index is 12.7. The van der Waals surface area contributed by atoms with Gasteiger partial charge in [0.05, 0.1) is 18.8 Å². The number of alkyl halides is 4. The van der Waals surface area contributed by atoms with E-state index < -0.39 is 17.6 Å². The third-order valence-electron chi connectivity index (χ3n) is 2.29. The number of ether oxygens (including phenoxy) is 1. The molecule has 0 aliphatic carbocycles. The van der Waals surface area contributed by atoms with E-state index in [-0.39, 0.29) is 23.2 Å². The van der Waals surface area contributed by atoms with Crippen molar-refractivity contribution in [2.75, 3.05) is 25.6 Å². The van der Waals surface area contributed by atoms with Gasteiger partial charge in [-0.2, -0.15) is 13.2 Å². The van der Waals surface area contributed by atoms with Gasteiger partial charge in [0.25, 0.3) is 5.91 Å². The summed E-state index contributed by atoms with van der Waals surface area (Å²) >= 11 is 8.20. The molecule has 0 atom stereocenters. The van der Waals surface area contributed by atoms with Crippen LogP contribution in [0, 0.1) is 0 Å². The molecule has 0 heterocycles. The van der Waals surface area contributed by atoms with E-state index in [4.69, 9.17) is 16.3 Å². The van der Waals surface area contributed by atoms with Gasteiger partial charge < -0.3 is 10.1 Å². The predicted molar refractivity (Wildman–Crippen MR) is 73.0 cm³/mol. The molecule has 0 radical (unpaired) electrons. The molecule has 1 aromatic rings. The van der Waals surface area contributed by atoms with Crippen LogP contribution >= 0.6 is 27.5 Å². The van der Waals surface area contributed by atoms with Crippen LogP contribution in [0.3, 0.4) is 0 Å². The number of hydrogen-bond acceptors (Lipinski definition) is 2. The van der Waals surface area contributed by atoms with Crippen LogP contribution in [-0.2, 0) is 10.9 Å². The fourth-order valence-corrected chi connectivity index (χ4v) is 1.96. The van der Waals surface area contributed by atoms with Gasteiger partial charge in [-0.3, -0.25) is 4.79 Å². The number of hydrogen-bond donors (Lipinski definition) is 1. The standard InChI is InChI=1S/C12H12BrClF3NO2/c13-10-2-1-8(7-9(10)12(15,16)17)11(19)18-4-6-20-5-3-14/h1-2,7H,3-6H2,(H,18,19). The number of amides is 1. The van der Waals surface area contributed by atoms with E-state index in [0.29, 0.717) is 12.5 Å². The zero-order valence-corrected chi connectivity index (χ0v) is 12.6. The van der Waals surface area contributed by atoms with Crippen molar-refractivity contribution in [3.8, 4) is 0 Å². The Morgan fingerprint density at radius 1 is 1.35 bits per heavy atom. The first-order valence-electron chi connectivity index (χ1n) is 5.65. The second-order valence-corrected chi connectivity index (χ2v) is 4.98. The number of benzene rings is 1. The summed E-state index contributed by atoms with van der Waals surface area (Å²) in [6.07, 6.45) is -4.52. The van der Waals surface area contributed by atoms with Crippen molar-refractivity contribution in [3.05, 3.63) is 33.8 Å². The number of carbonyl (C=O) groups excluding carboxylic acids is 1. The zero-order chi connectivity index (χ0) is 15.2. The summed E-state index contributed by atoms with van der Waals surface area (Å²) < 4.78 is 43.0. The largest absolute Gasteiger partial charge is 0.417 e. The lowest BCUT2D eigenvalue weighted by Crippen LogP contribution is -2.27. The third-order valence-corrected chi connectivity index (χ3v) is 3.13. The fraction of sp³-hybridized carbons (Fsp3) is 0.417. The van der Waals surface area contributed by atoms with Crippen LogP contribution in [0.1, 0.15) is 15.9 Å². The molecule has 1 aromatic carbocycles. The molecular formula is C12H12BrClF3NO2. The van der Waals surface area contributed by atoms with Crippen molar-refractivity contribution in [2.45, 2.75) is 6.18 Å². The Kier molecular flexibility index (Phi) is 6.78. The lowest BCUT2D eigenvalue weighted by molar-refractivity contribution is -0.138. The van der Waals surface area contributed by atoms with Crippen LogP contribution in [0.2, 0.25) is 0 Å². The molecule has 0 bridgehead atoms. The van der Waals surface area contributed by atoms with E-state index in [9.17, 15) is 18.0 Å².